The first-order valence-corrected chi connectivity index (χ1v) is 7.00. The van der Waals surface area contributed by atoms with Crippen molar-refractivity contribution < 1.29 is 14.3 Å². The van der Waals surface area contributed by atoms with Gasteiger partial charge < -0.3 is 10.1 Å². The van der Waals surface area contributed by atoms with Gasteiger partial charge in [-0.2, -0.15) is 0 Å². The van der Waals surface area contributed by atoms with Crippen molar-refractivity contribution in [3.8, 4) is 0 Å². The summed E-state index contributed by atoms with van der Waals surface area (Å²) < 4.78 is 5.16. The van der Waals surface area contributed by atoms with E-state index in [2.05, 4.69) is 10.3 Å². The van der Waals surface area contributed by atoms with Crippen LogP contribution in [-0.4, -0.2) is 29.0 Å². The van der Waals surface area contributed by atoms with Crippen LogP contribution in [0.15, 0.2) is 18.3 Å². The molecule has 1 N–H and O–H groups in total. The minimum atomic E-state index is -0.788. The molecule has 1 heterocycles. The van der Waals surface area contributed by atoms with Crippen molar-refractivity contribution in [2.24, 2.45) is 0 Å². The molecule has 1 saturated carbocycles. The molecule has 1 aliphatic carbocycles. The van der Waals surface area contributed by atoms with Gasteiger partial charge in [0.05, 0.1) is 5.56 Å². The van der Waals surface area contributed by atoms with E-state index < -0.39 is 12.1 Å². The van der Waals surface area contributed by atoms with E-state index in [0.29, 0.717) is 5.56 Å². The highest BCUT2D eigenvalue weighted by atomic mass is 16.5. The topological polar surface area (TPSA) is 68.3 Å². The number of amides is 1. The number of esters is 1. The molecular formula is C15H20N2O3. The van der Waals surface area contributed by atoms with E-state index in [1.807, 2.05) is 6.92 Å². The summed E-state index contributed by atoms with van der Waals surface area (Å²) in [5, 5.41) is 2.91. The predicted molar refractivity (Wildman–Crippen MR) is 74.3 cm³/mol. The van der Waals surface area contributed by atoms with Crippen LogP contribution in [0.2, 0.25) is 0 Å². The van der Waals surface area contributed by atoms with Gasteiger partial charge in [0, 0.05) is 17.9 Å². The fourth-order valence-corrected chi connectivity index (χ4v) is 2.26. The average molecular weight is 276 g/mol. The Bertz CT molecular complexity index is 478. The number of hydrogen-bond acceptors (Lipinski definition) is 4. The summed E-state index contributed by atoms with van der Waals surface area (Å²) >= 11 is 0. The molecule has 1 fully saturated rings. The normalized spacial score (nSPS) is 16.7. The zero-order chi connectivity index (χ0) is 14.5. The van der Waals surface area contributed by atoms with Crippen LogP contribution in [0, 0.1) is 6.92 Å². The fourth-order valence-electron chi connectivity index (χ4n) is 2.26. The minimum Gasteiger partial charge on any atom is -0.449 e. The van der Waals surface area contributed by atoms with E-state index in [-0.39, 0.29) is 11.9 Å². The van der Waals surface area contributed by atoms with Gasteiger partial charge in [-0.25, -0.2) is 4.79 Å². The highest BCUT2D eigenvalue weighted by Gasteiger charge is 2.23. The van der Waals surface area contributed by atoms with Gasteiger partial charge in [-0.15, -0.1) is 0 Å². The Hall–Kier alpha value is -1.91. The Morgan fingerprint density at radius 3 is 2.65 bits per heavy atom. The van der Waals surface area contributed by atoms with Gasteiger partial charge in [0.15, 0.2) is 6.10 Å². The Morgan fingerprint density at radius 2 is 2.05 bits per heavy atom. The number of nitrogens with zero attached hydrogens (tertiary/aromatic N) is 1. The molecule has 2 rings (SSSR count). The Morgan fingerprint density at radius 1 is 1.35 bits per heavy atom. The molecule has 0 bridgehead atoms. The predicted octanol–water partition coefficient (Wildman–Crippen LogP) is 1.99. The molecule has 20 heavy (non-hydrogen) atoms. The molecule has 0 aliphatic heterocycles. The molecule has 1 unspecified atom stereocenters. The monoisotopic (exact) mass is 276 g/mol. The van der Waals surface area contributed by atoms with Crippen LogP contribution in [0.25, 0.3) is 0 Å². The zero-order valence-electron chi connectivity index (χ0n) is 11.9. The molecule has 5 heteroatoms. The van der Waals surface area contributed by atoms with Gasteiger partial charge in [-0.05, 0) is 38.8 Å². The summed E-state index contributed by atoms with van der Waals surface area (Å²) in [5.41, 5.74) is 1.18. The minimum absolute atomic E-state index is 0.227. The first-order valence-electron chi connectivity index (χ1n) is 7.00. The third-order valence-corrected chi connectivity index (χ3v) is 3.50. The van der Waals surface area contributed by atoms with Crippen LogP contribution in [0.1, 0.15) is 48.7 Å². The number of pyridine rings is 1. The summed E-state index contributed by atoms with van der Waals surface area (Å²) in [7, 11) is 0. The highest BCUT2D eigenvalue weighted by molar-refractivity contribution is 5.91. The Labute approximate surface area is 118 Å². The van der Waals surface area contributed by atoms with E-state index in [1.54, 1.807) is 19.1 Å². The highest BCUT2D eigenvalue weighted by Crippen LogP contribution is 2.17. The SMILES string of the molecule is Cc1ccc(C(=O)OC(C)C(=O)NC2CCCC2)cn1. The van der Waals surface area contributed by atoms with Gasteiger partial charge >= 0.3 is 5.97 Å². The number of rotatable bonds is 4. The summed E-state index contributed by atoms with van der Waals surface area (Å²) in [4.78, 5) is 27.8. The van der Waals surface area contributed by atoms with Gasteiger partial charge in [-0.3, -0.25) is 9.78 Å². The summed E-state index contributed by atoms with van der Waals surface area (Å²) in [6, 6.07) is 3.61. The van der Waals surface area contributed by atoms with E-state index >= 15 is 0 Å². The smallest absolute Gasteiger partial charge is 0.340 e. The van der Waals surface area contributed by atoms with Crippen molar-refractivity contribution in [3.05, 3.63) is 29.6 Å². The molecule has 0 saturated heterocycles. The Kier molecular flexibility index (Phi) is 4.71. The van der Waals surface area contributed by atoms with Crippen molar-refractivity contribution in [1.82, 2.24) is 10.3 Å². The first-order chi connectivity index (χ1) is 9.56. The standard InChI is InChI=1S/C15H20N2O3/c1-10-7-8-12(9-16-10)15(19)20-11(2)14(18)17-13-5-3-4-6-13/h7-9,11,13H,3-6H2,1-2H3,(H,17,18). The van der Waals surface area contributed by atoms with Gasteiger partial charge in [0.2, 0.25) is 0 Å². The second-order valence-corrected chi connectivity index (χ2v) is 5.23. The van der Waals surface area contributed by atoms with Gasteiger partial charge in [0.1, 0.15) is 0 Å². The molecule has 0 spiro atoms. The maximum Gasteiger partial charge on any atom is 0.340 e. The van der Waals surface area contributed by atoms with Crippen LogP contribution in [0.5, 0.6) is 0 Å². The quantitative estimate of drug-likeness (QED) is 0.854. The van der Waals surface area contributed by atoms with Crippen LogP contribution < -0.4 is 5.32 Å². The van der Waals surface area contributed by atoms with Crippen molar-refractivity contribution in [2.45, 2.75) is 51.7 Å². The maximum absolute atomic E-state index is 11.9. The largest absolute Gasteiger partial charge is 0.449 e. The summed E-state index contributed by atoms with van der Waals surface area (Å²) in [5.74, 6) is -0.753. The molecule has 1 atom stereocenters. The molecule has 1 aromatic rings. The molecule has 0 aromatic carbocycles. The van der Waals surface area contributed by atoms with Crippen LogP contribution >= 0.6 is 0 Å². The number of carbonyl (C=O) groups is 2. The van der Waals surface area contributed by atoms with Crippen LogP contribution in [0.3, 0.4) is 0 Å². The molecule has 0 radical (unpaired) electrons. The fraction of sp³-hybridized carbons (Fsp3) is 0.533. The van der Waals surface area contributed by atoms with E-state index in [0.717, 1.165) is 31.4 Å². The lowest BCUT2D eigenvalue weighted by molar-refractivity contribution is -0.129. The Balaban J connectivity index is 1.86. The lowest BCUT2D eigenvalue weighted by Crippen LogP contribution is -2.40. The second-order valence-electron chi connectivity index (χ2n) is 5.23. The van der Waals surface area contributed by atoms with Gasteiger partial charge in [0.25, 0.3) is 5.91 Å². The average Bonchev–Trinajstić information content (AvgIpc) is 2.92. The van der Waals surface area contributed by atoms with Crippen LogP contribution in [0.4, 0.5) is 0 Å². The number of aryl methyl sites for hydroxylation is 1. The van der Waals surface area contributed by atoms with Crippen molar-refractivity contribution in [3.63, 3.8) is 0 Å². The van der Waals surface area contributed by atoms with Crippen molar-refractivity contribution >= 4 is 11.9 Å². The number of nitrogens with one attached hydrogen (secondary N) is 1. The van der Waals surface area contributed by atoms with Gasteiger partial charge in [-0.1, -0.05) is 12.8 Å². The number of hydrogen-bond donors (Lipinski definition) is 1. The van der Waals surface area contributed by atoms with Crippen molar-refractivity contribution in [1.29, 1.82) is 0 Å². The zero-order valence-corrected chi connectivity index (χ0v) is 11.9. The molecule has 108 valence electrons. The third kappa shape index (κ3) is 3.79. The van der Waals surface area contributed by atoms with Crippen molar-refractivity contribution in [2.75, 3.05) is 0 Å². The number of ether oxygens (including phenoxy) is 1. The number of carbonyl (C=O) groups excluding carboxylic acids is 2. The lowest BCUT2D eigenvalue weighted by Gasteiger charge is -2.17. The van der Waals surface area contributed by atoms with E-state index in [1.165, 1.54) is 6.20 Å². The maximum atomic E-state index is 11.9. The molecule has 1 aliphatic rings. The second kappa shape index (κ2) is 6.50. The summed E-state index contributed by atoms with van der Waals surface area (Å²) in [6.07, 6.45) is 4.98. The molecule has 1 aromatic heterocycles. The first kappa shape index (κ1) is 14.5. The molecule has 5 nitrogen and oxygen atoms in total. The lowest BCUT2D eigenvalue weighted by atomic mass is 10.2. The third-order valence-electron chi connectivity index (χ3n) is 3.50. The number of aromatic nitrogens is 1. The molecular weight excluding hydrogens is 256 g/mol. The van der Waals surface area contributed by atoms with E-state index in [9.17, 15) is 9.59 Å². The van der Waals surface area contributed by atoms with E-state index in [4.69, 9.17) is 4.74 Å². The summed E-state index contributed by atoms with van der Waals surface area (Å²) in [6.45, 7) is 3.43. The van der Waals surface area contributed by atoms with Crippen LogP contribution in [-0.2, 0) is 9.53 Å². The molecule has 1 amide bonds.